The van der Waals surface area contributed by atoms with Crippen LogP contribution in [0.5, 0.6) is 0 Å². The summed E-state index contributed by atoms with van der Waals surface area (Å²) in [6.07, 6.45) is 4.25. The Morgan fingerprint density at radius 2 is 1.84 bits per heavy atom. The van der Waals surface area contributed by atoms with Gasteiger partial charge in [0.15, 0.2) is 0 Å². The second-order valence-corrected chi connectivity index (χ2v) is 6.70. The smallest absolute Gasteiger partial charge is 0.303 e. The number of halogens is 3. The van der Waals surface area contributed by atoms with E-state index in [4.69, 9.17) is 0 Å². The van der Waals surface area contributed by atoms with Gasteiger partial charge in [0.05, 0.1) is 6.04 Å². The first-order valence-corrected chi connectivity index (χ1v) is 7.58. The first-order valence-electron chi connectivity index (χ1n) is 6.10. The van der Waals surface area contributed by atoms with Gasteiger partial charge in [0, 0.05) is 6.04 Å². The number of amides is 1. The van der Waals surface area contributed by atoms with Crippen molar-refractivity contribution < 1.29 is 26.4 Å². The molecule has 1 aliphatic carbocycles. The van der Waals surface area contributed by atoms with Gasteiger partial charge in [-0.25, -0.2) is 4.72 Å². The molecule has 2 rings (SSSR count). The Bertz CT molecular complexity index is 449. The van der Waals surface area contributed by atoms with Gasteiger partial charge in [-0.2, -0.15) is 21.6 Å². The minimum Gasteiger partial charge on any atom is -0.303 e. The Balaban J connectivity index is 1.99. The lowest BCUT2D eigenvalue weighted by atomic mass is 9.85. The lowest BCUT2D eigenvalue weighted by molar-refractivity contribution is -0.121. The number of fused-ring (bicyclic) bond motifs is 1. The SMILES string of the molecule is O=C(NS(=O)(=O)C(F)(F)F)[C@@H]1C[C@@H]2CCCC[C@@H]2N1. The number of carbonyl (C=O) groups is 1. The zero-order chi connectivity index (χ0) is 14.3. The molecule has 5 nitrogen and oxygen atoms in total. The van der Waals surface area contributed by atoms with Crippen LogP contribution in [0.1, 0.15) is 32.1 Å². The van der Waals surface area contributed by atoms with Gasteiger partial charge in [-0.1, -0.05) is 12.8 Å². The molecule has 0 spiro atoms. The van der Waals surface area contributed by atoms with E-state index in [2.05, 4.69) is 5.32 Å². The highest BCUT2D eigenvalue weighted by atomic mass is 32.2. The fourth-order valence-corrected chi connectivity index (χ4v) is 3.31. The number of hydrogen-bond acceptors (Lipinski definition) is 4. The predicted molar refractivity (Wildman–Crippen MR) is 60.4 cm³/mol. The Hall–Kier alpha value is -0.830. The third-order valence-electron chi connectivity index (χ3n) is 3.72. The summed E-state index contributed by atoms with van der Waals surface area (Å²) < 4.78 is 59.3. The van der Waals surface area contributed by atoms with E-state index >= 15 is 0 Å². The summed E-state index contributed by atoms with van der Waals surface area (Å²) in [5.74, 6) is -0.871. The second-order valence-electron chi connectivity index (χ2n) is 5.02. The number of alkyl halides is 3. The molecule has 1 saturated carbocycles. The van der Waals surface area contributed by atoms with Crippen molar-refractivity contribution in [1.82, 2.24) is 10.0 Å². The maximum atomic E-state index is 12.2. The van der Waals surface area contributed by atoms with Crippen LogP contribution in [0.2, 0.25) is 0 Å². The Kier molecular flexibility index (Phi) is 3.78. The van der Waals surface area contributed by atoms with E-state index in [0.29, 0.717) is 6.42 Å². The van der Waals surface area contributed by atoms with Crippen molar-refractivity contribution >= 4 is 15.9 Å². The summed E-state index contributed by atoms with van der Waals surface area (Å²) in [6.45, 7) is 0. The topological polar surface area (TPSA) is 75.3 Å². The molecule has 1 saturated heterocycles. The van der Waals surface area contributed by atoms with Crippen LogP contribution in [0.15, 0.2) is 0 Å². The van der Waals surface area contributed by atoms with E-state index < -0.39 is 27.5 Å². The molecule has 0 aromatic carbocycles. The average Bonchev–Trinajstić information content (AvgIpc) is 2.70. The molecule has 0 aromatic rings. The van der Waals surface area contributed by atoms with Crippen LogP contribution >= 0.6 is 0 Å². The summed E-state index contributed by atoms with van der Waals surface area (Å²) in [5, 5.41) is 2.92. The van der Waals surface area contributed by atoms with Crippen molar-refractivity contribution in [2.45, 2.75) is 49.7 Å². The standard InChI is InChI=1S/C10H15F3N2O3S/c11-10(12,13)19(17,18)15-9(16)8-5-6-3-1-2-4-7(6)14-8/h6-8,14H,1-5H2,(H,15,16)/t6-,7-,8-/m0/s1. The van der Waals surface area contributed by atoms with Gasteiger partial charge < -0.3 is 5.32 Å². The molecule has 3 atom stereocenters. The maximum absolute atomic E-state index is 12.2. The van der Waals surface area contributed by atoms with E-state index in [1.54, 1.807) is 0 Å². The molecule has 110 valence electrons. The molecule has 1 amide bonds. The van der Waals surface area contributed by atoms with Crippen molar-refractivity contribution in [3.63, 3.8) is 0 Å². The summed E-state index contributed by atoms with van der Waals surface area (Å²) in [5.41, 5.74) is -5.46. The van der Waals surface area contributed by atoms with E-state index in [1.165, 1.54) is 0 Å². The summed E-state index contributed by atoms with van der Waals surface area (Å²) >= 11 is 0. The lowest BCUT2D eigenvalue weighted by Crippen LogP contribution is -2.48. The highest BCUT2D eigenvalue weighted by Crippen LogP contribution is 2.33. The quantitative estimate of drug-likeness (QED) is 0.793. The van der Waals surface area contributed by atoms with E-state index in [0.717, 1.165) is 30.4 Å². The van der Waals surface area contributed by atoms with Gasteiger partial charge >= 0.3 is 15.5 Å². The maximum Gasteiger partial charge on any atom is 0.516 e. The monoisotopic (exact) mass is 300 g/mol. The van der Waals surface area contributed by atoms with Gasteiger partial charge in [-0.15, -0.1) is 0 Å². The largest absolute Gasteiger partial charge is 0.516 e. The molecule has 1 heterocycles. The van der Waals surface area contributed by atoms with Gasteiger partial charge in [-0.3, -0.25) is 4.79 Å². The van der Waals surface area contributed by atoms with Crippen molar-refractivity contribution in [3.8, 4) is 0 Å². The highest BCUT2D eigenvalue weighted by molar-refractivity contribution is 7.90. The molecule has 0 unspecified atom stereocenters. The number of hydrogen-bond donors (Lipinski definition) is 2. The molecule has 2 fully saturated rings. The van der Waals surface area contributed by atoms with Gasteiger partial charge in [-0.05, 0) is 25.2 Å². The summed E-state index contributed by atoms with van der Waals surface area (Å²) in [4.78, 5) is 11.6. The second kappa shape index (κ2) is 4.93. The first-order chi connectivity index (χ1) is 8.71. The molecular formula is C10H15F3N2O3S. The highest BCUT2D eigenvalue weighted by Gasteiger charge is 2.48. The van der Waals surface area contributed by atoms with Crippen molar-refractivity contribution in [1.29, 1.82) is 0 Å². The minimum atomic E-state index is -5.61. The van der Waals surface area contributed by atoms with Gasteiger partial charge in [0.1, 0.15) is 0 Å². The third-order valence-corrected chi connectivity index (χ3v) is 4.80. The van der Waals surface area contributed by atoms with Crippen molar-refractivity contribution in [2.24, 2.45) is 5.92 Å². The van der Waals surface area contributed by atoms with E-state index in [-0.39, 0.29) is 12.0 Å². The van der Waals surface area contributed by atoms with E-state index in [1.807, 2.05) is 0 Å². The Morgan fingerprint density at radius 1 is 1.21 bits per heavy atom. The molecule has 2 N–H and O–H groups in total. The normalized spacial score (nSPS) is 31.8. The fraction of sp³-hybridized carbons (Fsp3) is 0.900. The van der Waals surface area contributed by atoms with Crippen LogP contribution in [0.3, 0.4) is 0 Å². The van der Waals surface area contributed by atoms with E-state index in [9.17, 15) is 26.4 Å². The molecule has 1 aliphatic heterocycles. The molecular weight excluding hydrogens is 285 g/mol. The summed E-state index contributed by atoms with van der Waals surface area (Å²) in [7, 11) is -5.61. The molecule has 2 aliphatic rings. The molecule has 19 heavy (non-hydrogen) atoms. The zero-order valence-electron chi connectivity index (χ0n) is 10.0. The summed E-state index contributed by atoms with van der Waals surface area (Å²) in [6, 6.07) is -0.747. The van der Waals surface area contributed by atoms with Crippen LogP contribution < -0.4 is 10.0 Å². The van der Waals surface area contributed by atoms with Crippen LogP contribution in [0.4, 0.5) is 13.2 Å². The number of carbonyl (C=O) groups excluding carboxylic acids is 1. The number of nitrogens with one attached hydrogen (secondary N) is 2. The van der Waals surface area contributed by atoms with Crippen molar-refractivity contribution in [2.75, 3.05) is 0 Å². The third kappa shape index (κ3) is 3.02. The van der Waals surface area contributed by atoms with Crippen LogP contribution in [0, 0.1) is 5.92 Å². The van der Waals surface area contributed by atoms with Crippen LogP contribution in [-0.2, 0) is 14.8 Å². The zero-order valence-corrected chi connectivity index (χ0v) is 10.9. The minimum absolute atomic E-state index is 0.109. The van der Waals surface area contributed by atoms with Gasteiger partial charge in [0.25, 0.3) is 5.91 Å². The Morgan fingerprint density at radius 3 is 2.42 bits per heavy atom. The molecule has 0 aromatic heterocycles. The van der Waals surface area contributed by atoms with Gasteiger partial charge in [0.2, 0.25) is 0 Å². The molecule has 9 heteroatoms. The lowest BCUT2D eigenvalue weighted by Gasteiger charge is -2.24. The molecule has 0 radical (unpaired) electrons. The van der Waals surface area contributed by atoms with Crippen molar-refractivity contribution in [3.05, 3.63) is 0 Å². The predicted octanol–water partition coefficient (Wildman–Crippen LogP) is 0.873. The fourth-order valence-electron chi connectivity index (χ4n) is 2.78. The van der Waals surface area contributed by atoms with Crippen LogP contribution in [-0.4, -0.2) is 31.9 Å². The number of sulfonamides is 1. The average molecular weight is 300 g/mol. The van der Waals surface area contributed by atoms with Crippen LogP contribution in [0.25, 0.3) is 0 Å². The Labute approximate surface area is 109 Å². The number of rotatable bonds is 2. The first kappa shape index (κ1) is 14.6. The molecule has 0 bridgehead atoms.